The molecular formula is C18H29ClN2. The van der Waals surface area contributed by atoms with Gasteiger partial charge in [-0.25, -0.2) is 0 Å². The summed E-state index contributed by atoms with van der Waals surface area (Å²) in [5, 5.41) is 3.47. The normalized spacial score (nSPS) is 27.5. The van der Waals surface area contributed by atoms with Crippen LogP contribution < -0.4 is 5.32 Å². The van der Waals surface area contributed by atoms with Gasteiger partial charge in [0.1, 0.15) is 0 Å². The Morgan fingerprint density at radius 2 is 1.81 bits per heavy atom. The smallest absolute Gasteiger partial charge is 0.00989 e. The minimum absolute atomic E-state index is 0. The number of rotatable bonds is 4. The van der Waals surface area contributed by atoms with Crippen LogP contribution in [-0.2, 0) is 6.42 Å². The molecule has 1 N–H and O–H groups in total. The van der Waals surface area contributed by atoms with Crippen LogP contribution in [0.25, 0.3) is 0 Å². The highest BCUT2D eigenvalue weighted by molar-refractivity contribution is 5.85. The maximum Gasteiger partial charge on any atom is 0.00989 e. The van der Waals surface area contributed by atoms with Gasteiger partial charge < -0.3 is 10.2 Å². The van der Waals surface area contributed by atoms with Gasteiger partial charge in [0.25, 0.3) is 0 Å². The highest BCUT2D eigenvalue weighted by atomic mass is 35.5. The molecule has 21 heavy (non-hydrogen) atoms. The molecule has 3 heteroatoms. The molecule has 3 rings (SSSR count). The van der Waals surface area contributed by atoms with Crippen LogP contribution in [0.2, 0.25) is 0 Å². The van der Waals surface area contributed by atoms with Crippen LogP contribution in [0, 0.1) is 11.8 Å². The number of nitrogens with zero attached hydrogens (tertiary/aromatic N) is 1. The maximum atomic E-state index is 3.47. The predicted molar refractivity (Wildman–Crippen MR) is 92.1 cm³/mol. The Morgan fingerprint density at radius 3 is 2.52 bits per heavy atom. The third kappa shape index (κ3) is 4.45. The lowest BCUT2D eigenvalue weighted by Crippen LogP contribution is -2.38. The van der Waals surface area contributed by atoms with Crippen molar-refractivity contribution < 1.29 is 0 Å². The number of piperidine rings is 1. The van der Waals surface area contributed by atoms with E-state index in [1.165, 1.54) is 57.4 Å². The lowest BCUT2D eigenvalue weighted by molar-refractivity contribution is 0.185. The zero-order chi connectivity index (χ0) is 13.8. The van der Waals surface area contributed by atoms with Gasteiger partial charge in [-0.2, -0.15) is 0 Å². The van der Waals surface area contributed by atoms with E-state index in [-0.39, 0.29) is 12.4 Å². The molecule has 0 aliphatic carbocycles. The third-order valence-corrected chi connectivity index (χ3v) is 5.34. The second kappa shape index (κ2) is 8.17. The van der Waals surface area contributed by atoms with Crippen LogP contribution >= 0.6 is 12.4 Å². The van der Waals surface area contributed by atoms with Crippen LogP contribution in [0.1, 0.15) is 31.7 Å². The molecule has 0 spiro atoms. The molecule has 0 bridgehead atoms. The fraction of sp³-hybridized carbons (Fsp3) is 0.667. The van der Waals surface area contributed by atoms with E-state index in [2.05, 4.69) is 47.5 Å². The largest absolute Gasteiger partial charge is 0.317 e. The molecule has 2 saturated heterocycles. The number of halogens is 1. The van der Waals surface area contributed by atoms with Gasteiger partial charge in [-0.15, -0.1) is 12.4 Å². The van der Waals surface area contributed by atoms with Crippen molar-refractivity contribution in [1.82, 2.24) is 10.2 Å². The van der Waals surface area contributed by atoms with Gasteiger partial charge in [0.15, 0.2) is 0 Å². The van der Waals surface area contributed by atoms with Crippen LogP contribution in [-0.4, -0.2) is 37.1 Å². The number of hydrogen-bond donors (Lipinski definition) is 1. The van der Waals surface area contributed by atoms with Crippen molar-refractivity contribution in [3.63, 3.8) is 0 Å². The molecular weight excluding hydrogens is 280 g/mol. The van der Waals surface area contributed by atoms with Crippen molar-refractivity contribution in [3.8, 4) is 0 Å². The van der Waals surface area contributed by atoms with E-state index in [0.717, 1.165) is 17.9 Å². The van der Waals surface area contributed by atoms with Crippen molar-refractivity contribution in [2.45, 2.75) is 38.6 Å². The summed E-state index contributed by atoms with van der Waals surface area (Å²) >= 11 is 0. The van der Waals surface area contributed by atoms with Gasteiger partial charge in [0.05, 0.1) is 0 Å². The Morgan fingerprint density at radius 1 is 1.10 bits per heavy atom. The molecule has 0 saturated carbocycles. The molecule has 2 heterocycles. The number of nitrogens with one attached hydrogen (secondary N) is 1. The summed E-state index contributed by atoms with van der Waals surface area (Å²) in [5.41, 5.74) is 1.51. The molecule has 0 amide bonds. The first-order valence-electron chi connectivity index (χ1n) is 8.31. The summed E-state index contributed by atoms with van der Waals surface area (Å²) < 4.78 is 0. The summed E-state index contributed by atoms with van der Waals surface area (Å²) in [6.07, 6.45) is 5.37. The first-order valence-corrected chi connectivity index (χ1v) is 8.31. The second-order valence-electron chi connectivity index (χ2n) is 6.67. The molecule has 1 aromatic rings. The Balaban J connectivity index is 0.00000161. The predicted octanol–water partition coefficient (Wildman–Crippen LogP) is 3.36. The number of hydrogen-bond acceptors (Lipinski definition) is 2. The van der Waals surface area contributed by atoms with Crippen molar-refractivity contribution in [3.05, 3.63) is 35.9 Å². The number of benzene rings is 1. The molecule has 2 atom stereocenters. The molecule has 0 aromatic heterocycles. The summed E-state index contributed by atoms with van der Waals surface area (Å²) in [6.45, 7) is 7.53. The van der Waals surface area contributed by atoms with E-state index in [4.69, 9.17) is 0 Å². The zero-order valence-electron chi connectivity index (χ0n) is 13.1. The van der Waals surface area contributed by atoms with Crippen molar-refractivity contribution in [2.75, 3.05) is 26.2 Å². The van der Waals surface area contributed by atoms with Crippen LogP contribution in [0.15, 0.2) is 30.3 Å². The molecule has 2 nitrogen and oxygen atoms in total. The Bertz CT molecular complexity index is 403. The maximum absolute atomic E-state index is 3.47. The Kier molecular flexibility index (Phi) is 6.53. The molecule has 2 aliphatic heterocycles. The van der Waals surface area contributed by atoms with Crippen LogP contribution in [0.5, 0.6) is 0 Å². The van der Waals surface area contributed by atoms with E-state index >= 15 is 0 Å². The summed E-state index contributed by atoms with van der Waals surface area (Å²) in [4.78, 5) is 2.75. The van der Waals surface area contributed by atoms with E-state index in [9.17, 15) is 0 Å². The van der Waals surface area contributed by atoms with E-state index < -0.39 is 0 Å². The first kappa shape index (κ1) is 16.8. The minimum Gasteiger partial charge on any atom is -0.317 e. The molecule has 2 aliphatic rings. The quantitative estimate of drug-likeness (QED) is 0.917. The zero-order valence-corrected chi connectivity index (χ0v) is 13.9. The molecule has 118 valence electrons. The second-order valence-corrected chi connectivity index (χ2v) is 6.67. The topological polar surface area (TPSA) is 15.3 Å². The minimum atomic E-state index is 0. The van der Waals surface area contributed by atoms with E-state index in [1.54, 1.807) is 0 Å². The van der Waals surface area contributed by atoms with Gasteiger partial charge in [-0.3, -0.25) is 0 Å². The van der Waals surface area contributed by atoms with E-state index in [0.29, 0.717) is 0 Å². The van der Waals surface area contributed by atoms with E-state index in [1.807, 2.05) is 0 Å². The average molecular weight is 309 g/mol. The van der Waals surface area contributed by atoms with Crippen LogP contribution in [0.4, 0.5) is 0 Å². The Hall–Kier alpha value is -0.570. The van der Waals surface area contributed by atoms with Crippen molar-refractivity contribution in [2.24, 2.45) is 11.8 Å². The van der Waals surface area contributed by atoms with Gasteiger partial charge in [0.2, 0.25) is 0 Å². The lowest BCUT2D eigenvalue weighted by Gasteiger charge is -2.31. The molecule has 2 fully saturated rings. The average Bonchev–Trinajstić information content (AvgIpc) is 2.83. The van der Waals surface area contributed by atoms with Crippen molar-refractivity contribution in [1.29, 1.82) is 0 Å². The fourth-order valence-corrected chi connectivity index (χ4v) is 3.92. The SMILES string of the molecule is CC1C(Cc2ccccc2)CCN1CC1CCNCC1.Cl. The van der Waals surface area contributed by atoms with Gasteiger partial charge in [-0.05, 0) is 69.6 Å². The summed E-state index contributed by atoms with van der Waals surface area (Å²) in [7, 11) is 0. The number of likely N-dealkylation sites (tertiary alicyclic amines) is 1. The summed E-state index contributed by atoms with van der Waals surface area (Å²) in [5.74, 6) is 1.77. The lowest BCUT2D eigenvalue weighted by atomic mass is 9.92. The molecule has 1 aromatic carbocycles. The van der Waals surface area contributed by atoms with Crippen molar-refractivity contribution >= 4 is 12.4 Å². The third-order valence-electron chi connectivity index (χ3n) is 5.34. The highest BCUT2D eigenvalue weighted by Crippen LogP contribution is 2.29. The summed E-state index contributed by atoms with van der Waals surface area (Å²) in [6, 6.07) is 11.8. The first-order chi connectivity index (χ1) is 9.83. The van der Waals surface area contributed by atoms with Gasteiger partial charge >= 0.3 is 0 Å². The van der Waals surface area contributed by atoms with Crippen LogP contribution in [0.3, 0.4) is 0 Å². The standard InChI is InChI=1S/C18H28N2.ClH/c1-15-18(13-16-5-3-2-4-6-16)9-12-20(15)14-17-7-10-19-11-8-17;/h2-6,15,17-19H,7-14H2,1H3;1H. The highest BCUT2D eigenvalue weighted by Gasteiger charge is 2.31. The molecule has 0 radical (unpaired) electrons. The van der Waals surface area contributed by atoms with Gasteiger partial charge in [-0.1, -0.05) is 30.3 Å². The fourth-order valence-electron chi connectivity index (χ4n) is 3.92. The Labute approximate surface area is 135 Å². The van der Waals surface area contributed by atoms with Gasteiger partial charge in [0, 0.05) is 12.6 Å². The monoisotopic (exact) mass is 308 g/mol. The molecule has 2 unspecified atom stereocenters.